The number of aromatic nitrogens is 2. The molecule has 0 unspecified atom stereocenters. The molecule has 1 aliphatic rings. The Morgan fingerprint density at radius 3 is 2.68 bits per heavy atom. The smallest absolute Gasteiger partial charge is 0.248 e. The van der Waals surface area contributed by atoms with Gasteiger partial charge in [0.05, 0.1) is 17.6 Å². The molecule has 2 aromatic heterocycles. The van der Waals surface area contributed by atoms with Gasteiger partial charge in [0.15, 0.2) is 0 Å². The molecular formula is C22H17Br2ClN2O4. The summed E-state index contributed by atoms with van der Waals surface area (Å²) in [5, 5.41) is 20.9. The Labute approximate surface area is 199 Å². The number of H-pyrrole nitrogens is 1. The highest BCUT2D eigenvalue weighted by atomic mass is 79.9. The van der Waals surface area contributed by atoms with Crippen molar-refractivity contribution in [3.8, 4) is 11.5 Å². The standard InChI is InChI=1S/C11H7BrClNO.C11H10BrNO3/c12-7-1-2-8-10-6(3-4-15-8)5-9(13)14-11(7)10;12-7-1-2-8(15)10-6(3-4-14)5-9(16)13-11(7)10/h1-2,5H,3-4H2;1-2,5,14-15H,3-4H2,(H,13,16). The van der Waals surface area contributed by atoms with Gasteiger partial charge in [0.25, 0.3) is 0 Å². The van der Waals surface area contributed by atoms with Crippen molar-refractivity contribution in [1.29, 1.82) is 0 Å². The second kappa shape index (κ2) is 9.16. The van der Waals surface area contributed by atoms with E-state index >= 15 is 0 Å². The van der Waals surface area contributed by atoms with E-state index in [4.69, 9.17) is 21.4 Å². The predicted molar refractivity (Wildman–Crippen MR) is 128 cm³/mol. The van der Waals surface area contributed by atoms with E-state index in [0.717, 1.165) is 27.5 Å². The lowest BCUT2D eigenvalue weighted by atomic mass is 10.0. The van der Waals surface area contributed by atoms with Gasteiger partial charge in [0.1, 0.15) is 16.7 Å². The maximum Gasteiger partial charge on any atom is 0.248 e. The fourth-order valence-corrected chi connectivity index (χ4v) is 4.70. The number of aromatic amines is 1. The van der Waals surface area contributed by atoms with Gasteiger partial charge in [-0.05, 0) is 79.7 Å². The topological polar surface area (TPSA) is 95.4 Å². The molecule has 4 aromatic rings. The Kier molecular flexibility index (Phi) is 6.52. The Morgan fingerprint density at radius 2 is 1.90 bits per heavy atom. The van der Waals surface area contributed by atoms with Crippen LogP contribution in [0, 0.1) is 0 Å². The molecule has 0 aliphatic carbocycles. The lowest BCUT2D eigenvalue weighted by molar-refractivity contribution is 0.300. The van der Waals surface area contributed by atoms with Crippen LogP contribution in [0.2, 0.25) is 5.15 Å². The molecule has 0 fully saturated rings. The van der Waals surface area contributed by atoms with Gasteiger partial charge in [-0.2, -0.15) is 0 Å². The van der Waals surface area contributed by atoms with Crippen LogP contribution in [0.3, 0.4) is 0 Å². The second-order valence-electron chi connectivity index (χ2n) is 6.92. The van der Waals surface area contributed by atoms with Crippen LogP contribution in [0.1, 0.15) is 11.1 Å². The first-order valence-electron chi connectivity index (χ1n) is 9.43. The van der Waals surface area contributed by atoms with Crippen molar-refractivity contribution in [1.82, 2.24) is 9.97 Å². The van der Waals surface area contributed by atoms with Gasteiger partial charge in [-0.15, -0.1) is 0 Å². The summed E-state index contributed by atoms with van der Waals surface area (Å²) in [6, 6.07) is 10.4. The zero-order valence-corrected chi connectivity index (χ0v) is 20.0. The molecule has 3 heterocycles. The molecule has 0 amide bonds. The number of hydrogen-bond acceptors (Lipinski definition) is 5. The molecule has 2 aromatic carbocycles. The van der Waals surface area contributed by atoms with Gasteiger partial charge in [0, 0.05) is 38.8 Å². The quantitative estimate of drug-likeness (QED) is 0.292. The Bertz CT molecular complexity index is 1360. The lowest BCUT2D eigenvalue weighted by Gasteiger charge is -2.18. The first-order valence-corrected chi connectivity index (χ1v) is 11.4. The summed E-state index contributed by atoms with van der Waals surface area (Å²) in [7, 11) is 0. The number of benzene rings is 2. The number of ether oxygens (including phenoxy) is 1. The monoisotopic (exact) mass is 566 g/mol. The molecule has 31 heavy (non-hydrogen) atoms. The van der Waals surface area contributed by atoms with Crippen LogP contribution in [-0.4, -0.2) is 33.4 Å². The first-order chi connectivity index (χ1) is 14.9. The van der Waals surface area contributed by atoms with Crippen LogP contribution in [0.4, 0.5) is 0 Å². The van der Waals surface area contributed by atoms with Crippen LogP contribution in [0.15, 0.2) is 50.1 Å². The molecule has 0 radical (unpaired) electrons. The van der Waals surface area contributed by atoms with E-state index in [1.165, 1.54) is 11.6 Å². The highest BCUT2D eigenvalue weighted by Gasteiger charge is 2.17. The summed E-state index contributed by atoms with van der Waals surface area (Å²) in [4.78, 5) is 18.4. The van der Waals surface area contributed by atoms with Crippen LogP contribution in [-0.2, 0) is 12.8 Å². The molecule has 0 spiro atoms. The Balaban J connectivity index is 0.000000149. The highest BCUT2D eigenvalue weighted by molar-refractivity contribution is 9.11. The van der Waals surface area contributed by atoms with Crippen molar-refractivity contribution in [2.75, 3.05) is 13.2 Å². The minimum absolute atomic E-state index is 0.0650. The molecule has 0 saturated carbocycles. The average Bonchev–Trinajstić information content (AvgIpc) is 2.74. The summed E-state index contributed by atoms with van der Waals surface area (Å²) in [5.41, 5.74) is 3.04. The molecule has 5 rings (SSSR count). The zero-order chi connectivity index (χ0) is 22.1. The van der Waals surface area contributed by atoms with Gasteiger partial charge in [-0.3, -0.25) is 4.79 Å². The number of halogens is 3. The maximum atomic E-state index is 11.4. The number of pyridine rings is 2. The number of aliphatic hydroxyl groups is 1. The highest BCUT2D eigenvalue weighted by Crippen LogP contribution is 2.37. The molecular weight excluding hydrogens is 552 g/mol. The van der Waals surface area contributed by atoms with Crippen LogP contribution in [0.5, 0.6) is 11.5 Å². The fraction of sp³-hybridized carbons (Fsp3) is 0.182. The molecule has 3 N–H and O–H groups in total. The Morgan fingerprint density at radius 1 is 1.13 bits per heavy atom. The lowest BCUT2D eigenvalue weighted by Crippen LogP contribution is -2.09. The SMILES string of the molecule is Clc1cc2c3c(ccc(Br)c3n1)OCC2.O=c1cc(CCO)c2c(O)ccc(Br)c2[nH]1. The van der Waals surface area contributed by atoms with E-state index in [2.05, 4.69) is 41.8 Å². The van der Waals surface area contributed by atoms with Gasteiger partial charge < -0.3 is 19.9 Å². The first kappa shape index (κ1) is 22.1. The third kappa shape index (κ3) is 4.43. The summed E-state index contributed by atoms with van der Waals surface area (Å²) in [6.07, 6.45) is 1.23. The van der Waals surface area contributed by atoms with Crippen molar-refractivity contribution in [2.45, 2.75) is 12.8 Å². The minimum Gasteiger partial charge on any atom is -0.507 e. The number of fused-ring (bicyclic) bond motifs is 1. The van der Waals surface area contributed by atoms with Crippen molar-refractivity contribution in [2.24, 2.45) is 0 Å². The number of nitrogens with one attached hydrogen (secondary N) is 1. The largest absolute Gasteiger partial charge is 0.507 e. The van der Waals surface area contributed by atoms with Crippen LogP contribution >= 0.6 is 43.5 Å². The van der Waals surface area contributed by atoms with Crippen LogP contribution in [0.25, 0.3) is 21.8 Å². The van der Waals surface area contributed by atoms with E-state index in [0.29, 0.717) is 39.1 Å². The fourth-order valence-electron chi connectivity index (χ4n) is 3.63. The van der Waals surface area contributed by atoms with E-state index in [1.54, 1.807) is 12.1 Å². The number of phenols is 1. The molecule has 1 aliphatic heterocycles. The molecule has 0 atom stereocenters. The number of rotatable bonds is 2. The van der Waals surface area contributed by atoms with E-state index in [1.807, 2.05) is 18.2 Å². The second-order valence-corrected chi connectivity index (χ2v) is 9.02. The van der Waals surface area contributed by atoms with E-state index in [-0.39, 0.29) is 17.9 Å². The van der Waals surface area contributed by atoms with Crippen molar-refractivity contribution in [3.63, 3.8) is 0 Å². The molecule has 6 nitrogen and oxygen atoms in total. The number of hydrogen-bond donors (Lipinski definition) is 3. The number of nitrogens with zero attached hydrogens (tertiary/aromatic N) is 1. The number of aromatic hydroxyl groups is 1. The molecule has 0 saturated heterocycles. The van der Waals surface area contributed by atoms with Gasteiger partial charge in [0.2, 0.25) is 5.56 Å². The van der Waals surface area contributed by atoms with Crippen molar-refractivity contribution < 1.29 is 14.9 Å². The van der Waals surface area contributed by atoms with Gasteiger partial charge in [-0.25, -0.2) is 4.98 Å². The Hall–Kier alpha value is -2.13. The zero-order valence-electron chi connectivity index (χ0n) is 16.1. The summed E-state index contributed by atoms with van der Waals surface area (Å²) < 4.78 is 7.25. The van der Waals surface area contributed by atoms with Crippen LogP contribution < -0.4 is 10.3 Å². The normalized spacial score (nSPS) is 12.4. The van der Waals surface area contributed by atoms with Crippen molar-refractivity contribution >= 4 is 65.3 Å². The summed E-state index contributed by atoms with van der Waals surface area (Å²) in [5.74, 6) is 0.997. The third-order valence-electron chi connectivity index (χ3n) is 4.94. The molecule has 160 valence electrons. The number of phenolic OH excluding ortho intramolecular Hbond substituents is 1. The third-order valence-corrected chi connectivity index (χ3v) is 6.44. The molecule has 0 bridgehead atoms. The minimum atomic E-state index is -0.248. The van der Waals surface area contributed by atoms with Crippen molar-refractivity contribution in [3.05, 3.63) is 72.0 Å². The predicted octanol–water partition coefficient (Wildman–Crippen LogP) is 5.12. The maximum absolute atomic E-state index is 11.4. The average molecular weight is 569 g/mol. The summed E-state index contributed by atoms with van der Waals surface area (Å²) in [6.45, 7) is 0.647. The molecule has 9 heteroatoms. The number of aliphatic hydroxyl groups excluding tert-OH is 1. The van der Waals surface area contributed by atoms with Gasteiger partial charge in [-0.1, -0.05) is 11.6 Å². The van der Waals surface area contributed by atoms with E-state index < -0.39 is 0 Å². The van der Waals surface area contributed by atoms with E-state index in [9.17, 15) is 9.90 Å². The summed E-state index contributed by atoms with van der Waals surface area (Å²) >= 11 is 12.8. The van der Waals surface area contributed by atoms with Gasteiger partial charge >= 0.3 is 0 Å².